The summed E-state index contributed by atoms with van der Waals surface area (Å²) in [6.07, 6.45) is 5.68. The van der Waals surface area contributed by atoms with Crippen molar-refractivity contribution in [1.29, 1.82) is 0 Å². The number of hydrogen-bond donors (Lipinski definition) is 0. The van der Waals surface area contributed by atoms with E-state index in [0.717, 1.165) is 65.0 Å². The predicted molar refractivity (Wildman–Crippen MR) is 104 cm³/mol. The Morgan fingerprint density at radius 1 is 1.04 bits per heavy atom. The van der Waals surface area contributed by atoms with E-state index in [4.69, 9.17) is 4.74 Å². The first-order valence-electron chi connectivity index (χ1n) is 10.5. The molecule has 4 rings (SSSR count). The molecule has 0 aliphatic carbocycles. The van der Waals surface area contributed by atoms with Gasteiger partial charge in [-0.2, -0.15) is 5.10 Å². The summed E-state index contributed by atoms with van der Waals surface area (Å²) in [7, 11) is 1.80. The van der Waals surface area contributed by atoms with Gasteiger partial charge in [-0.1, -0.05) is 0 Å². The maximum Gasteiger partial charge on any atom is 0.272 e. The topological polar surface area (TPSA) is 70.9 Å². The van der Waals surface area contributed by atoms with E-state index in [0.29, 0.717) is 30.9 Å². The Bertz CT molecular complexity index is 692. The van der Waals surface area contributed by atoms with Crippen LogP contribution < -0.4 is 0 Å². The SMILES string of the molecule is Cn1nccc1C(=O)N1CCC(N2CCC[C@@H](C(=O)N3CCOCC3)C2)CC1. The van der Waals surface area contributed by atoms with Crippen LogP contribution in [-0.2, 0) is 16.6 Å². The number of carbonyl (C=O) groups is 2. The van der Waals surface area contributed by atoms with Crippen molar-refractivity contribution in [2.45, 2.75) is 31.7 Å². The first-order valence-corrected chi connectivity index (χ1v) is 10.5. The first-order chi connectivity index (χ1) is 13.6. The molecular formula is C20H31N5O3. The van der Waals surface area contributed by atoms with Gasteiger partial charge in [0.25, 0.3) is 5.91 Å². The minimum Gasteiger partial charge on any atom is -0.378 e. The molecule has 0 aromatic carbocycles. The molecule has 0 radical (unpaired) electrons. The third-order valence-corrected chi connectivity index (χ3v) is 6.43. The molecule has 3 saturated heterocycles. The lowest BCUT2D eigenvalue weighted by Gasteiger charge is -2.43. The van der Waals surface area contributed by atoms with Crippen molar-refractivity contribution in [3.63, 3.8) is 0 Å². The fourth-order valence-electron chi connectivity index (χ4n) is 4.76. The van der Waals surface area contributed by atoms with Crippen LogP contribution in [0.2, 0.25) is 0 Å². The van der Waals surface area contributed by atoms with Gasteiger partial charge < -0.3 is 14.5 Å². The summed E-state index contributed by atoms with van der Waals surface area (Å²) in [5, 5.41) is 4.10. The summed E-state index contributed by atoms with van der Waals surface area (Å²) in [5.74, 6) is 0.482. The average Bonchev–Trinajstić information content (AvgIpc) is 3.19. The van der Waals surface area contributed by atoms with Gasteiger partial charge in [0.2, 0.25) is 5.91 Å². The van der Waals surface area contributed by atoms with E-state index < -0.39 is 0 Å². The number of rotatable bonds is 3. The van der Waals surface area contributed by atoms with Gasteiger partial charge in [0.05, 0.1) is 19.1 Å². The van der Waals surface area contributed by atoms with E-state index in [1.54, 1.807) is 24.0 Å². The third kappa shape index (κ3) is 4.07. The largest absolute Gasteiger partial charge is 0.378 e. The van der Waals surface area contributed by atoms with E-state index in [9.17, 15) is 9.59 Å². The normalized spacial score (nSPS) is 25.1. The Balaban J connectivity index is 1.30. The summed E-state index contributed by atoms with van der Waals surface area (Å²) in [5.41, 5.74) is 0.646. The van der Waals surface area contributed by atoms with Crippen LogP contribution in [0, 0.1) is 5.92 Å². The zero-order chi connectivity index (χ0) is 19.5. The zero-order valence-corrected chi connectivity index (χ0v) is 16.8. The number of nitrogens with zero attached hydrogens (tertiary/aromatic N) is 5. The number of likely N-dealkylation sites (tertiary alicyclic amines) is 2. The van der Waals surface area contributed by atoms with Crippen molar-refractivity contribution in [1.82, 2.24) is 24.5 Å². The van der Waals surface area contributed by atoms with E-state index in [1.807, 2.05) is 9.80 Å². The molecule has 8 heteroatoms. The van der Waals surface area contributed by atoms with Gasteiger partial charge >= 0.3 is 0 Å². The molecular weight excluding hydrogens is 358 g/mol. The van der Waals surface area contributed by atoms with E-state index >= 15 is 0 Å². The van der Waals surface area contributed by atoms with Crippen molar-refractivity contribution in [2.75, 3.05) is 52.5 Å². The summed E-state index contributed by atoms with van der Waals surface area (Å²) >= 11 is 0. The van der Waals surface area contributed by atoms with Crippen LogP contribution in [0.3, 0.4) is 0 Å². The van der Waals surface area contributed by atoms with Gasteiger partial charge in [0, 0.05) is 52.0 Å². The quantitative estimate of drug-likeness (QED) is 0.757. The van der Waals surface area contributed by atoms with Crippen LogP contribution in [0.5, 0.6) is 0 Å². The summed E-state index contributed by atoms with van der Waals surface area (Å²) in [6, 6.07) is 2.25. The fraction of sp³-hybridized carbons (Fsp3) is 0.750. The Morgan fingerprint density at radius 2 is 1.79 bits per heavy atom. The van der Waals surface area contributed by atoms with Crippen molar-refractivity contribution in [3.8, 4) is 0 Å². The number of amides is 2. The van der Waals surface area contributed by atoms with Crippen molar-refractivity contribution >= 4 is 11.8 Å². The van der Waals surface area contributed by atoms with Gasteiger partial charge in [-0.15, -0.1) is 0 Å². The lowest BCUT2D eigenvalue weighted by atomic mass is 9.92. The number of morpholine rings is 1. The molecule has 1 aromatic rings. The number of carbonyl (C=O) groups excluding carboxylic acids is 2. The molecule has 3 fully saturated rings. The van der Waals surface area contributed by atoms with Gasteiger partial charge in [-0.25, -0.2) is 0 Å². The lowest BCUT2D eigenvalue weighted by Crippen LogP contribution is -2.53. The number of aryl methyl sites for hydroxylation is 1. The standard InChI is InChI=1S/C20H31N5O3/c1-22-18(4-7-21-22)20(27)23-9-5-17(6-10-23)25-8-2-3-16(15-25)19(26)24-11-13-28-14-12-24/h4,7,16-17H,2-3,5-6,8-15H2,1H3/t16-/m1/s1. The molecule has 28 heavy (non-hydrogen) atoms. The highest BCUT2D eigenvalue weighted by Crippen LogP contribution is 2.26. The van der Waals surface area contributed by atoms with Crippen molar-refractivity contribution < 1.29 is 14.3 Å². The van der Waals surface area contributed by atoms with Crippen LogP contribution in [0.25, 0.3) is 0 Å². The summed E-state index contributed by atoms with van der Waals surface area (Å²) in [6.45, 7) is 6.23. The molecule has 1 aromatic heterocycles. The maximum atomic E-state index is 12.9. The second kappa shape index (κ2) is 8.61. The van der Waals surface area contributed by atoms with Gasteiger partial charge in [-0.05, 0) is 38.3 Å². The Morgan fingerprint density at radius 3 is 2.46 bits per heavy atom. The zero-order valence-electron chi connectivity index (χ0n) is 16.8. The highest BCUT2D eigenvalue weighted by Gasteiger charge is 2.34. The highest BCUT2D eigenvalue weighted by atomic mass is 16.5. The number of piperidine rings is 2. The third-order valence-electron chi connectivity index (χ3n) is 6.43. The minimum absolute atomic E-state index is 0.0671. The predicted octanol–water partition coefficient (Wildman–Crippen LogP) is 0.596. The molecule has 2 amide bonds. The molecule has 4 heterocycles. The summed E-state index contributed by atoms with van der Waals surface area (Å²) in [4.78, 5) is 32.0. The fourth-order valence-corrected chi connectivity index (χ4v) is 4.76. The molecule has 8 nitrogen and oxygen atoms in total. The molecule has 154 valence electrons. The molecule has 0 saturated carbocycles. The monoisotopic (exact) mass is 389 g/mol. The second-order valence-electron chi connectivity index (χ2n) is 8.14. The van der Waals surface area contributed by atoms with E-state index in [-0.39, 0.29) is 11.8 Å². The minimum atomic E-state index is 0.0671. The molecule has 0 spiro atoms. The van der Waals surface area contributed by atoms with E-state index in [2.05, 4.69) is 10.00 Å². The average molecular weight is 390 g/mol. The number of ether oxygens (including phenoxy) is 1. The van der Waals surface area contributed by atoms with Crippen LogP contribution in [0.1, 0.15) is 36.2 Å². The molecule has 0 bridgehead atoms. The Kier molecular flexibility index (Phi) is 5.96. The lowest BCUT2D eigenvalue weighted by molar-refractivity contribution is -0.141. The number of aromatic nitrogens is 2. The van der Waals surface area contributed by atoms with Crippen molar-refractivity contribution in [3.05, 3.63) is 18.0 Å². The van der Waals surface area contributed by atoms with Crippen LogP contribution in [0.15, 0.2) is 12.3 Å². The van der Waals surface area contributed by atoms with Crippen molar-refractivity contribution in [2.24, 2.45) is 13.0 Å². The molecule has 3 aliphatic rings. The first kappa shape index (κ1) is 19.4. The van der Waals surface area contributed by atoms with Gasteiger partial charge in [0.15, 0.2) is 0 Å². The highest BCUT2D eigenvalue weighted by molar-refractivity contribution is 5.92. The summed E-state index contributed by atoms with van der Waals surface area (Å²) < 4.78 is 7.01. The maximum absolute atomic E-state index is 12.9. The van der Waals surface area contributed by atoms with E-state index in [1.165, 1.54) is 0 Å². The van der Waals surface area contributed by atoms with Gasteiger partial charge in [0.1, 0.15) is 5.69 Å². The second-order valence-corrected chi connectivity index (χ2v) is 8.14. The number of hydrogen-bond acceptors (Lipinski definition) is 5. The Hall–Kier alpha value is -1.93. The smallest absolute Gasteiger partial charge is 0.272 e. The van der Waals surface area contributed by atoms with Crippen LogP contribution in [-0.4, -0.2) is 94.8 Å². The van der Waals surface area contributed by atoms with Gasteiger partial charge in [-0.3, -0.25) is 19.2 Å². The van der Waals surface area contributed by atoms with Crippen LogP contribution in [0.4, 0.5) is 0 Å². The molecule has 3 aliphatic heterocycles. The molecule has 1 atom stereocenters. The molecule has 0 N–H and O–H groups in total. The van der Waals surface area contributed by atoms with Crippen LogP contribution >= 0.6 is 0 Å². The molecule has 0 unspecified atom stereocenters. The Labute approximate surface area is 166 Å².